The summed E-state index contributed by atoms with van der Waals surface area (Å²) in [6.45, 7) is 4.33. The second-order valence-electron chi connectivity index (χ2n) is 6.32. The summed E-state index contributed by atoms with van der Waals surface area (Å²) >= 11 is 1.17. The number of thioether (sulfide) groups is 1. The first kappa shape index (κ1) is 20.9. The van der Waals surface area contributed by atoms with Gasteiger partial charge in [-0.15, -0.1) is 10.2 Å². The van der Waals surface area contributed by atoms with Crippen LogP contribution < -0.4 is 4.74 Å². The molecule has 0 aliphatic carbocycles. The summed E-state index contributed by atoms with van der Waals surface area (Å²) in [7, 11) is 1.72. The third-order valence-corrected chi connectivity index (χ3v) is 5.27. The van der Waals surface area contributed by atoms with Crippen molar-refractivity contribution in [3.05, 3.63) is 59.9 Å². The Morgan fingerprint density at radius 1 is 1.21 bits per heavy atom. The molecule has 1 unspecified atom stereocenters. The van der Waals surface area contributed by atoms with E-state index in [1.807, 2.05) is 38.1 Å². The first-order valence-electron chi connectivity index (χ1n) is 9.19. The van der Waals surface area contributed by atoms with E-state index in [1.165, 1.54) is 23.9 Å². The van der Waals surface area contributed by atoms with Gasteiger partial charge in [-0.2, -0.15) is 0 Å². The van der Waals surface area contributed by atoms with Gasteiger partial charge < -0.3 is 14.1 Å². The summed E-state index contributed by atoms with van der Waals surface area (Å²) in [5, 5.41) is 8.39. The van der Waals surface area contributed by atoms with Crippen LogP contribution in [0.25, 0.3) is 11.5 Å². The maximum absolute atomic E-state index is 13.1. The molecule has 1 aromatic heterocycles. The van der Waals surface area contributed by atoms with Crippen LogP contribution in [-0.2, 0) is 4.79 Å². The lowest BCUT2D eigenvalue weighted by Crippen LogP contribution is -2.31. The van der Waals surface area contributed by atoms with Gasteiger partial charge in [0, 0.05) is 7.05 Å². The largest absolute Gasteiger partial charge is 0.493 e. The van der Waals surface area contributed by atoms with Crippen LogP contribution in [0.1, 0.15) is 25.5 Å². The molecule has 3 aromatic rings. The average molecular weight is 415 g/mol. The summed E-state index contributed by atoms with van der Waals surface area (Å²) in [4.78, 5) is 14.1. The van der Waals surface area contributed by atoms with Crippen molar-refractivity contribution in [2.24, 2.45) is 0 Å². The zero-order chi connectivity index (χ0) is 20.8. The van der Waals surface area contributed by atoms with Gasteiger partial charge in [-0.25, -0.2) is 4.39 Å². The fourth-order valence-electron chi connectivity index (χ4n) is 2.71. The molecule has 0 bridgehead atoms. The number of aromatic nitrogens is 2. The van der Waals surface area contributed by atoms with Gasteiger partial charge in [-0.1, -0.05) is 36.0 Å². The van der Waals surface area contributed by atoms with Gasteiger partial charge >= 0.3 is 0 Å². The van der Waals surface area contributed by atoms with Crippen molar-refractivity contribution in [1.29, 1.82) is 0 Å². The van der Waals surface area contributed by atoms with Gasteiger partial charge in [0.25, 0.3) is 11.1 Å². The average Bonchev–Trinajstić information content (AvgIpc) is 3.21. The van der Waals surface area contributed by atoms with E-state index in [0.29, 0.717) is 29.0 Å². The molecule has 29 heavy (non-hydrogen) atoms. The molecule has 0 radical (unpaired) electrons. The Morgan fingerprint density at radius 3 is 2.66 bits per heavy atom. The zero-order valence-electron chi connectivity index (χ0n) is 16.5. The van der Waals surface area contributed by atoms with Crippen LogP contribution in [0.2, 0.25) is 0 Å². The van der Waals surface area contributed by atoms with Crippen LogP contribution in [0.5, 0.6) is 5.75 Å². The molecule has 0 saturated heterocycles. The minimum Gasteiger partial charge on any atom is -0.493 e. The predicted octanol–water partition coefficient (Wildman–Crippen LogP) is 4.59. The molecule has 0 aliphatic rings. The van der Waals surface area contributed by atoms with Gasteiger partial charge in [-0.3, -0.25) is 4.79 Å². The molecule has 1 atom stereocenters. The third kappa shape index (κ3) is 5.14. The van der Waals surface area contributed by atoms with Crippen LogP contribution in [-0.4, -0.2) is 40.4 Å². The molecule has 1 amide bonds. The Labute approximate surface area is 173 Å². The SMILES string of the molecule is CCOc1ccccc1-c1nnc(SCC(=O)N(C)C(C)c2ccc(F)cc2)o1. The van der Waals surface area contributed by atoms with E-state index in [0.717, 1.165) is 5.56 Å². The highest BCUT2D eigenvalue weighted by Gasteiger charge is 2.19. The number of amides is 1. The number of benzene rings is 2. The van der Waals surface area contributed by atoms with Crippen LogP contribution in [0.3, 0.4) is 0 Å². The van der Waals surface area contributed by atoms with E-state index in [9.17, 15) is 9.18 Å². The molecular weight excluding hydrogens is 393 g/mol. The third-order valence-electron chi connectivity index (χ3n) is 4.47. The maximum Gasteiger partial charge on any atom is 0.277 e. The van der Waals surface area contributed by atoms with Gasteiger partial charge in [0.05, 0.1) is 24.0 Å². The minimum atomic E-state index is -0.302. The van der Waals surface area contributed by atoms with Crippen LogP contribution in [0.4, 0.5) is 4.39 Å². The molecule has 0 fully saturated rings. The van der Waals surface area contributed by atoms with Crippen LogP contribution >= 0.6 is 11.8 Å². The second-order valence-corrected chi connectivity index (χ2v) is 7.25. The molecule has 1 heterocycles. The Balaban J connectivity index is 1.62. The molecule has 2 aromatic carbocycles. The van der Waals surface area contributed by atoms with E-state index in [-0.39, 0.29) is 23.5 Å². The standard InChI is InChI=1S/C21H22FN3O3S/c1-4-27-18-8-6-5-7-17(18)20-23-24-21(28-20)29-13-19(26)25(3)14(2)15-9-11-16(22)12-10-15/h5-12,14H,4,13H2,1-3H3. The molecular formula is C21H22FN3O3S. The molecule has 0 spiro atoms. The van der Waals surface area contributed by atoms with E-state index in [2.05, 4.69) is 10.2 Å². The molecule has 0 N–H and O–H groups in total. The van der Waals surface area contributed by atoms with E-state index in [1.54, 1.807) is 24.1 Å². The molecule has 0 aliphatic heterocycles. The monoisotopic (exact) mass is 415 g/mol. The molecule has 8 heteroatoms. The zero-order valence-corrected chi connectivity index (χ0v) is 17.3. The predicted molar refractivity (Wildman–Crippen MR) is 109 cm³/mol. The Bertz CT molecular complexity index is 962. The van der Waals surface area contributed by atoms with E-state index < -0.39 is 0 Å². The highest BCUT2D eigenvalue weighted by Crippen LogP contribution is 2.31. The molecule has 3 rings (SSSR count). The lowest BCUT2D eigenvalue weighted by Gasteiger charge is -2.25. The fourth-order valence-corrected chi connectivity index (χ4v) is 3.39. The van der Waals surface area contributed by atoms with Crippen molar-refractivity contribution in [2.75, 3.05) is 19.4 Å². The van der Waals surface area contributed by atoms with Crippen molar-refractivity contribution in [3.8, 4) is 17.2 Å². The summed E-state index contributed by atoms with van der Waals surface area (Å²) in [6, 6.07) is 13.4. The Morgan fingerprint density at radius 2 is 1.93 bits per heavy atom. The molecule has 0 saturated carbocycles. The fraction of sp³-hybridized carbons (Fsp3) is 0.286. The number of rotatable bonds is 8. The van der Waals surface area contributed by atoms with E-state index >= 15 is 0 Å². The smallest absolute Gasteiger partial charge is 0.277 e. The lowest BCUT2D eigenvalue weighted by molar-refractivity contribution is -0.128. The quantitative estimate of drug-likeness (QED) is 0.502. The number of carbonyl (C=O) groups excluding carboxylic acids is 1. The highest BCUT2D eigenvalue weighted by molar-refractivity contribution is 7.99. The number of halogens is 1. The number of hydrogen-bond acceptors (Lipinski definition) is 6. The summed E-state index contributed by atoms with van der Waals surface area (Å²) in [6.07, 6.45) is 0. The van der Waals surface area contributed by atoms with Gasteiger partial charge in [0.15, 0.2) is 0 Å². The number of ether oxygens (including phenoxy) is 1. The maximum atomic E-state index is 13.1. The topological polar surface area (TPSA) is 68.5 Å². The first-order chi connectivity index (χ1) is 14.0. The Kier molecular flexibility index (Phi) is 6.87. The van der Waals surface area contributed by atoms with Crippen molar-refractivity contribution < 1.29 is 18.3 Å². The normalized spacial score (nSPS) is 11.9. The van der Waals surface area contributed by atoms with Crippen molar-refractivity contribution in [3.63, 3.8) is 0 Å². The summed E-state index contributed by atoms with van der Waals surface area (Å²) < 4.78 is 24.4. The Hall–Kier alpha value is -2.87. The number of hydrogen-bond donors (Lipinski definition) is 0. The second kappa shape index (κ2) is 9.56. The van der Waals surface area contributed by atoms with Crippen molar-refractivity contribution in [1.82, 2.24) is 15.1 Å². The van der Waals surface area contributed by atoms with E-state index in [4.69, 9.17) is 9.15 Å². The van der Waals surface area contributed by atoms with Crippen LogP contribution in [0, 0.1) is 5.82 Å². The summed E-state index contributed by atoms with van der Waals surface area (Å²) in [5.74, 6) is 0.762. The van der Waals surface area contributed by atoms with Crippen molar-refractivity contribution >= 4 is 17.7 Å². The number of para-hydroxylation sites is 1. The molecule has 152 valence electrons. The van der Waals surface area contributed by atoms with Gasteiger partial charge in [-0.05, 0) is 43.7 Å². The van der Waals surface area contributed by atoms with Gasteiger partial charge in [0.2, 0.25) is 5.91 Å². The minimum absolute atomic E-state index is 0.0960. The molecule has 6 nitrogen and oxygen atoms in total. The highest BCUT2D eigenvalue weighted by atomic mass is 32.2. The number of nitrogens with zero attached hydrogens (tertiary/aromatic N) is 3. The van der Waals surface area contributed by atoms with Crippen LogP contribution in [0.15, 0.2) is 58.2 Å². The summed E-state index contributed by atoms with van der Waals surface area (Å²) in [5.41, 5.74) is 1.57. The van der Waals surface area contributed by atoms with Gasteiger partial charge in [0.1, 0.15) is 11.6 Å². The first-order valence-corrected chi connectivity index (χ1v) is 10.2. The van der Waals surface area contributed by atoms with Crippen molar-refractivity contribution in [2.45, 2.75) is 25.1 Å². The lowest BCUT2D eigenvalue weighted by atomic mass is 10.1. The number of carbonyl (C=O) groups is 1.